The molecule has 10 heteroatoms. The van der Waals surface area contributed by atoms with Crippen LogP contribution in [0.2, 0.25) is 10.0 Å². The second-order valence-corrected chi connectivity index (χ2v) is 10.2. The van der Waals surface area contributed by atoms with Crippen LogP contribution in [0.25, 0.3) is 0 Å². The summed E-state index contributed by atoms with van der Waals surface area (Å²) in [4.78, 5) is 13.6. The van der Waals surface area contributed by atoms with Crippen LogP contribution in [0.15, 0.2) is 16.3 Å². The molecule has 2 rings (SSSR count). The first kappa shape index (κ1) is 23.0. The molecule has 0 spiro atoms. The lowest BCUT2D eigenvalue weighted by atomic mass is 10.1. The molecular weight excluding hydrogens is 443 g/mol. The van der Waals surface area contributed by atoms with Gasteiger partial charge in [-0.05, 0) is 31.0 Å². The lowest BCUT2D eigenvalue weighted by Crippen LogP contribution is -2.30. The van der Waals surface area contributed by atoms with Crippen LogP contribution in [0, 0.1) is 6.92 Å². The van der Waals surface area contributed by atoms with Crippen LogP contribution < -0.4 is 5.32 Å². The summed E-state index contributed by atoms with van der Waals surface area (Å²) in [6.45, 7) is 7.91. The van der Waals surface area contributed by atoms with E-state index >= 15 is 0 Å². The highest BCUT2D eigenvalue weighted by molar-refractivity contribution is 7.91. The van der Waals surface area contributed by atoms with Gasteiger partial charge >= 0.3 is 0 Å². The molecule has 28 heavy (non-hydrogen) atoms. The average Bonchev–Trinajstić information content (AvgIpc) is 2.95. The monoisotopic (exact) mass is 464 g/mol. The second kappa shape index (κ2) is 9.00. The number of sulfonamides is 1. The van der Waals surface area contributed by atoms with Crippen molar-refractivity contribution in [3.8, 4) is 5.75 Å². The van der Waals surface area contributed by atoms with Crippen molar-refractivity contribution in [3.63, 3.8) is 0 Å². The first-order chi connectivity index (χ1) is 13.1. The molecule has 0 fully saturated rings. The van der Waals surface area contributed by atoms with Gasteiger partial charge in [-0.15, -0.1) is 11.3 Å². The van der Waals surface area contributed by atoms with Crippen molar-refractivity contribution < 1.29 is 18.3 Å². The molecule has 1 heterocycles. The van der Waals surface area contributed by atoms with Crippen LogP contribution in [-0.2, 0) is 16.4 Å². The molecule has 0 radical (unpaired) electrons. The second-order valence-electron chi connectivity index (χ2n) is 5.98. The summed E-state index contributed by atoms with van der Waals surface area (Å²) in [6, 6.07) is 2.56. The van der Waals surface area contributed by atoms with Gasteiger partial charge in [0, 0.05) is 23.5 Å². The van der Waals surface area contributed by atoms with Crippen molar-refractivity contribution in [1.82, 2.24) is 4.31 Å². The number of halogens is 2. The van der Waals surface area contributed by atoms with E-state index < -0.39 is 15.9 Å². The van der Waals surface area contributed by atoms with Crippen LogP contribution >= 0.6 is 34.5 Å². The zero-order chi connectivity index (χ0) is 21.2. The summed E-state index contributed by atoms with van der Waals surface area (Å²) in [7, 11) is -3.75. The standard InChI is InChI=1S/C18H22Cl2N2O4S2/c1-5-12-10(4)27-18(28(25,26)22(6-2)7-3)15(12)21-17(24)11-8-13(19)16(23)14(20)9-11/h8-9,23H,5-7H2,1-4H3,(H,21,24). The van der Waals surface area contributed by atoms with E-state index in [4.69, 9.17) is 23.2 Å². The number of hydrogen-bond acceptors (Lipinski definition) is 5. The largest absolute Gasteiger partial charge is 0.505 e. The van der Waals surface area contributed by atoms with Crippen molar-refractivity contribution in [1.29, 1.82) is 0 Å². The molecule has 0 unspecified atom stereocenters. The molecule has 1 amide bonds. The topological polar surface area (TPSA) is 86.7 Å². The van der Waals surface area contributed by atoms with Gasteiger partial charge in [0.2, 0.25) is 0 Å². The van der Waals surface area contributed by atoms with Gasteiger partial charge < -0.3 is 10.4 Å². The number of rotatable bonds is 7. The van der Waals surface area contributed by atoms with Gasteiger partial charge in [0.05, 0.1) is 15.7 Å². The van der Waals surface area contributed by atoms with Crippen molar-refractivity contribution in [2.45, 2.75) is 38.3 Å². The van der Waals surface area contributed by atoms with Gasteiger partial charge in [-0.1, -0.05) is 44.0 Å². The SMILES string of the molecule is CCc1c(C)sc(S(=O)(=O)N(CC)CC)c1NC(=O)c1cc(Cl)c(O)c(Cl)c1. The minimum Gasteiger partial charge on any atom is -0.505 e. The van der Waals surface area contributed by atoms with Gasteiger partial charge in [-0.3, -0.25) is 4.79 Å². The molecule has 154 valence electrons. The molecule has 0 aliphatic rings. The smallest absolute Gasteiger partial charge is 0.255 e. The van der Waals surface area contributed by atoms with Crippen molar-refractivity contribution in [2.24, 2.45) is 0 Å². The van der Waals surface area contributed by atoms with Crippen LogP contribution in [0.3, 0.4) is 0 Å². The molecule has 2 aromatic rings. The summed E-state index contributed by atoms with van der Waals surface area (Å²) in [6.07, 6.45) is 0.558. The number of phenolic OH excluding ortho intramolecular Hbond substituents is 1. The number of carbonyl (C=O) groups is 1. The number of aryl methyl sites for hydroxylation is 1. The van der Waals surface area contributed by atoms with Gasteiger partial charge in [0.15, 0.2) is 9.96 Å². The van der Waals surface area contributed by atoms with Crippen LogP contribution in [-0.4, -0.2) is 36.8 Å². The van der Waals surface area contributed by atoms with E-state index in [9.17, 15) is 18.3 Å². The normalized spacial score (nSPS) is 11.8. The number of aromatic hydroxyl groups is 1. The number of carbonyl (C=O) groups excluding carboxylic acids is 1. The molecule has 0 saturated heterocycles. The summed E-state index contributed by atoms with van der Waals surface area (Å²) in [5.41, 5.74) is 1.16. The number of hydrogen-bond donors (Lipinski definition) is 2. The molecule has 0 aliphatic carbocycles. The highest BCUT2D eigenvalue weighted by Crippen LogP contribution is 2.39. The molecule has 1 aromatic heterocycles. The Morgan fingerprint density at radius 2 is 1.71 bits per heavy atom. The number of nitrogens with one attached hydrogen (secondary N) is 1. The Labute approximate surface area is 179 Å². The third-order valence-electron chi connectivity index (χ3n) is 4.33. The van der Waals surface area contributed by atoms with E-state index in [0.29, 0.717) is 19.5 Å². The third kappa shape index (κ3) is 4.31. The van der Waals surface area contributed by atoms with Crippen molar-refractivity contribution in [3.05, 3.63) is 38.2 Å². The Balaban J connectivity index is 2.55. The first-order valence-electron chi connectivity index (χ1n) is 8.70. The maximum Gasteiger partial charge on any atom is 0.255 e. The first-order valence-corrected chi connectivity index (χ1v) is 11.7. The number of phenols is 1. The predicted octanol–water partition coefficient (Wildman–Crippen LogP) is 4.91. The number of benzene rings is 1. The number of thiophene rings is 1. The van der Waals surface area contributed by atoms with E-state index in [1.54, 1.807) is 13.8 Å². The predicted molar refractivity (Wildman–Crippen MR) is 115 cm³/mol. The third-order valence-corrected chi connectivity index (χ3v) is 8.60. The summed E-state index contributed by atoms with van der Waals surface area (Å²) in [5.74, 6) is -0.877. The van der Waals surface area contributed by atoms with Crippen LogP contribution in [0.4, 0.5) is 5.69 Å². The highest BCUT2D eigenvalue weighted by atomic mass is 35.5. The van der Waals surface area contributed by atoms with Gasteiger partial charge in [0.1, 0.15) is 0 Å². The molecule has 0 bridgehead atoms. The zero-order valence-corrected chi connectivity index (χ0v) is 19.1. The van der Waals surface area contributed by atoms with E-state index in [0.717, 1.165) is 21.8 Å². The van der Waals surface area contributed by atoms with Crippen LogP contribution in [0.1, 0.15) is 41.6 Å². The van der Waals surface area contributed by atoms with Gasteiger partial charge in [-0.2, -0.15) is 4.31 Å². The zero-order valence-electron chi connectivity index (χ0n) is 16.0. The quantitative estimate of drug-likeness (QED) is 0.608. The average molecular weight is 465 g/mol. The Bertz CT molecular complexity index is 976. The van der Waals surface area contributed by atoms with E-state index in [1.807, 2.05) is 13.8 Å². The molecule has 2 N–H and O–H groups in total. The fourth-order valence-electron chi connectivity index (χ4n) is 2.85. The van der Waals surface area contributed by atoms with Crippen molar-refractivity contribution >= 4 is 56.2 Å². The maximum absolute atomic E-state index is 13.1. The van der Waals surface area contributed by atoms with E-state index in [-0.39, 0.29) is 31.3 Å². The molecule has 0 saturated carbocycles. The summed E-state index contributed by atoms with van der Waals surface area (Å²) >= 11 is 12.9. The lowest BCUT2D eigenvalue weighted by Gasteiger charge is -2.19. The number of amides is 1. The summed E-state index contributed by atoms with van der Waals surface area (Å²) in [5, 5.41) is 12.3. The number of anilines is 1. The van der Waals surface area contributed by atoms with Gasteiger partial charge in [-0.25, -0.2) is 8.42 Å². The van der Waals surface area contributed by atoms with Crippen molar-refractivity contribution in [2.75, 3.05) is 18.4 Å². The Morgan fingerprint density at radius 3 is 2.18 bits per heavy atom. The molecular formula is C18H22Cl2N2O4S2. The maximum atomic E-state index is 13.1. The van der Waals surface area contributed by atoms with Crippen LogP contribution in [0.5, 0.6) is 5.75 Å². The van der Waals surface area contributed by atoms with Gasteiger partial charge in [0.25, 0.3) is 15.9 Å². The minimum atomic E-state index is -3.75. The number of nitrogens with zero attached hydrogens (tertiary/aromatic N) is 1. The fourth-order valence-corrected chi connectivity index (χ4v) is 6.72. The Kier molecular flexibility index (Phi) is 7.38. The van der Waals surface area contributed by atoms with E-state index in [1.165, 1.54) is 16.4 Å². The Hall–Kier alpha value is -1.32. The molecule has 1 aromatic carbocycles. The molecule has 6 nitrogen and oxygen atoms in total. The fraction of sp³-hybridized carbons (Fsp3) is 0.389. The lowest BCUT2D eigenvalue weighted by molar-refractivity contribution is 0.102. The Morgan fingerprint density at radius 1 is 1.18 bits per heavy atom. The van der Waals surface area contributed by atoms with E-state index in [2.05, 4.69) is 5.32 Å². The minimum absolute atomic E-state index is 0.0640. The molecule has 0 atom stereocenters. The summed E-state index contributed by atoms with van der Waals surface area (Å²) < 4.78 is 27.6. The highest BCUT2D eigenvalue weighted by Gasteiger charge is 2.30. The molecule has 0 aliphatic heterocycles.